The molecule has 0 saturated heterocycles. The predicted octanol–water partition coefficient (Wildman–Crippen LogP) is 2.00. The minimum Gasteiger partial charge on any atom is -0.334 e. The van der Waals surface area contributed by atoms with Crippen molar-refractivity contribution < 1.29 is 4.79 Å². The number of urea groups is 1. The highest BCUT2D eigenvalue weighted by atomic mass is 32.1. The normalized spacial score (nSPS) is 12.2. The molecule has 2 heterocycles. The van der Waals surface area contributed by atoms with Gasteiger partial charge in [-0.25, -0.2) is 9.78 Å². The van der Waals surface area contributed by atoms with Crippen LogP contribution in [0.3, 0.4) is 0 Å². The molecule has 0 aliphatic heterocycles. The van der Waals surface area contributed by atoms with Crippen molar-refractivity contribution in [2.75, 3.05) is 0 Å². The molecule has 2 amide bonds. The van der Waals surface area contributed by atoms with Gasteiger partial charge in [0.2, 0.25) is 0 Å². The fourth-order valence-electron chi connectivity index (χ4n) is 1.75. The van der Waals surface area contributed by atoms with E-state index in [0.29, 0.717) is 6.54 Å². The Morgan fingerprint density at radius 2 is 2.35 bits per heavy atom. The Morgan fingerprint density at radius 3 is 2.95 bits per heavy atom. The maximum Gasteiger partial charge on any atom is 0.315 e. The molecule has 0 aromatic carbocycles. The molecule has 0 saturated carbocycles. The minimum absolute atomic E-state index is 0.0968. The molecule has 0 fully saturated rings. The monoisotopic (exact) mass is 293 g/mol. The van der Waals surface area contributed by atoms with E-state index in [9.17, 15) is 4.79 Å². The molecule has 2 aromatic heterocycles. The van der Waals surface area contributed by atoms with Crippen LogP contribution < -0.4 is 10.6 Å². The highest BCUT2D eigenvalue weighted by molar-refractivity contribution is 7.09. The van der Waals surface area contributed by atoms with E-state index in [-0.39, 0.29) is 12.1 Å². The Balaban J connectivity index is 1.81. The Morgan fingerprint density at radius 1 is 1.55 bits per heavy atom. The summed E-state index contributed by atoms with van der Waals surface area (Å²) in [6.07, 6.45) is 4.53. The van der Waals surface area contributed by atoms with E-state index < -0.39 is 0 Å². The zero-order valence-corrected chi connectivity index (χ0v) is 12.7. The number of aromatic nitrogens is 3. The second kappa shape index (κ2) is 6.51. The van der Waals surface area contributed by atoms with E-state index in [1.165, 1.54) is 0 Å². The number of nitrogens with one attached hydrogen (secondary N) is 2. The molecule has 108 valence electrons. The van der Waals surface area contributed by atoms with E-state index in [1.54, 1.807) is 22.2 Å². The maximum atomic E-state index is 11.8. The lowest BCUT2D eigenvalue weighted by molar-refractivity contribution is 0.237. The number of thiazole rings is 1. The first-order valence-corrected chi connectivity index (χ1v) is 7.42. The summed E-state index contributed by atoms with van der Waals surface area (Å²) in [5.74, 6) is 0. The van der Waals surface area contributed by atoms with Crippen LogP contribution in [0.25, 0.3) is 0 Å². The molecule has 0 bridgehead atoms. The third kappa shape index (κ3) is 3.80. The van der Waals surface area contributed by atoms with E-state index >= 15 is 0 Å². The van der Waals surface area contributed by atoms with Crippen LogP contribution in [-0.4, -0.2) is 20.8 Å². The number of hydrogen-bond acceptors (Lipinski definition) is 4. The van der Waals surface area contributed by atoms with Gasteiger partial charge in [0.25, 0.3) is 0 Å². The van der Waals surface area contributed by atoms with Gasteiger partial charge >= 0.3 is 6.03 Å². The van der Waals surface area contributed by atoms with Crippen LogP contribution in [0.2, 0.25) is 0 Å². The molecule has 0 spiro atoms. The molecule has 0 radical (unpaired) electrons. The van der Waals surface area contributed by atoms with Crippen molar-refractivity contribution in [2.45, 2.75) is 32.9 Å². The van der Waals surface area contributed by atoms with Gasteiger partial charge in [-0.2, -0.15) is 5.10 Å². The zero-order chi connectivity index (χ0) is 14.5. The van der Waals surface area contributed by atoms with E-state index in [1.807, 2.05) is 25.5 Å². The van der Waals surface area contributed by atoms with Crippen molar-refractivity contribution in [1.82, 2.24) is 25.4 Å². The summed E-state index contributed by atoms with van der Waals surface area (Å²) in [6.45, 7) is 4.46. The molecule has 2 N–H and O–H groups in total. The van der Waals surface area contributed by atoms with Crippen LogP contribution in [-0.2, 0) is 20.0 Å². The first-order chi connectivity index (χ1) is 9.58. The number of amides is 2. The molecule has 0 aliphatic carbocycles. The van der Waals surface area contributed by atoms with E-state index in [0.717, 1.165) is 22.7 Å². The highest BCUT2D eigenvalue weighted by Crippen LogP contribution is 2.16. The first-order valence-electron chi connectivity index (χ1n) is 6.54. The van der Waals surface area contributed by atoms with E-state index in [4.69, 9.17) is 0 Å². The number of carbonyl (C=O) groups excluding carboxylic acids is 1. The topological polar surface area (TPSA) is 71.8 Å². The Labute approximate surface area is 122 Å². The maximum absolute atomic E-state index is 11.8. The molecular formula is C13H19N5OS. The Kier molecular flexibility index (Phi) is 4.73. The lowest BCUT2D eigenvalue weighted by atomic mass is 10.2. The van der Waals surface area contributed by atoms with Crippen molar-refractivity contribution in [3.8, 4) is 0 Å². The average Bonchev–Trinajstić information content (AvgIpc) is 3.05. The van der Waals surface area contributed by atoms with Gasteiger partial charge in [-0.05, 0) is 13.3 Å². The van der Waals surface area contributed by atoms with Gasteiger partial charge in [0.05, 0.1) is 22.9 Å². The third-order valence-electron chi connectivity index (χ3n) is 2.87. The summed E-state index contributed by atoms with van der Waals surface area (Å²) in [5, 5.41) is 12.8. The molecule has 0 unspecified atom stereocenters. The highest BCUT2D eigenvalue weighted by Gasteiger charge is 2.12. The number of aryl methyl sites for hydroxylation is 2. The third-order valence-corrected chi connectivity index (χ3v) is 3.89. The fourth-order valence-corrected chi connectivity index (χ4v) is 2.59. The number of rotatable bonds is 5. The second-order valence-electron chi connectivity index (χ2n) is 4.59. The quantitative estimate of drug-likeness (QED) is 0.885. The van der Waals surface area contributed by atoms with Gasteiger partial charge in [-0.15, -0.1) is 11.3 Å². The molecule has 2 rings (SSSR count). The van der Waals surface area contributed by atoms with Gasteiger partial charge in [0.1, 0.15) is 0 Å². The van der Waals surface area contributed by atoms with Crippen LogP contribution in [0.4, 0.5) is 4.79 Å². The molecule has 1 atom stereocenters. The number of carbonyl (C=O) groups is 1. The van der Waals surface area contributed by atoms with Crippen LogP contribution in [0, 0.1) is 0 Å². The average molecular weight is 293 g/mol. The number of nitrogens with zero attached hydrogens (tertiary/aromatic N) is 3. The van der Waals surface area contributed by atoms with Crippen molar-refractivity contribution in [3.05, 3.63) is 34.0 Å². The summed E-state index contributed by atoms with van der Waals surface area (Å²) in [5.41, 5.74) is 1.88. The SMILES string of the molecule is CCc1nc([C@@H](C)NC(=O)NCc2cnn(C)c2)cs1. The first kappa shape index (κ1) is 14.5. The Bertz CT molecular complexity index is 577. The predicted molar refractivity (Wildman–Crippen MR) is 78.5 cm³/mol. The van der Waals surface area contributed by atoms with E-state index in [2.05, 4.69) is 27.6 Å². The molecule has 6 nitrogen and oxygen atoms in total. The summed E-state index contributed by atoms with van der Waals surface area (Å²) < 4.78 is 1.71. The molecule has 2 aromatic rings. The van der Waals surface area contributed by atoms with Crippen molar-refractivity contribution >= 4 is 17.4 Å². The summed E-state index contributed by atoms with van der Waals surface area (Å²) >= 11 is 1.62. The van der Waals surface area contributed by atoms with Crippen molar-refractivity contribution in [2.24, 2.45) is 7.05 Å². The summed E-state index contributed by atoms with van der Waals surface area (Å²) in [7, 11) is 1.85. The fraction of sp³-hybridized carbons (Fsp3) is 0.462. The lowest BCUT2D eigenvalue weighted by Crippen LogP contribution is -2.36. The van der Waals surface area contributed by atoms with Gasteiger partial charge < -0.3 is 10.6 Å². The van der Waals surface area contributed by atoms with Crippen LogP contribution in [0.5, 0.6) is 0 Å². The molecule has 20 heavy (non-hydrogen) atoms. The molecular weight excluding hydrogens is 274 g/mol. The van der Waals surface area contributed by atoms with Crippen molar-refractivity contribution in [3.63, 3.8) is 0 Å². The van der Waals surface area contributed by atoms with Crippen LogP contribution in [0.1, 0.15) is 36.2 Å². The van der Waals surface area contributed by atoms with Crippen LogP contribution >= 0.6 is 11.3 Å². The standard InChI is InChI=1S/C13H19N5OS/c1-4-12-17-11(8-20-12)9(2)16-13(19)14-5-10-6-15-18(3)7-10/h6-9H,4-5H2,1-3H3,(H2,14,16,19)/t9-/m1/s1. The molecule has 7 heteroatoms. The van der Waals surface area contributed by atoms with Gasteiger partial charge in [-0.1, -0.05) is 6.92 Å². The smallest absolute Gasteiger partial charge is 0.315 e. The van der Waals surface area contributed by atoms with Crippen molar-refractivity contribution in [1.29, 1.82) is 0 Å². The second-order valence-corrected chi connectivity index (χ2v) is 5.53. The molecule has 0 aliphatic rings. The lowest BCUT2D eigenvalue weighted by Gasteiger charge is -2.12. The summed E-state index contributed by atoms with van der Waals surface area (Å²) in [6, 6.07) is -0.298. The van der Waals surface area contributed by atoms with Gasteiger partial charge in [0, 0.05) is 30.7 Å². The van der Waals surface area contributed by atoms with Crippen LogP contribution in [0.15, 0.2) is 17.8 Å². The summed E-state index contributed by atoms with van der Waals surface area (Å²) in [4.78, 5) is 16.3. The minimum atomic E-state index is -0.201. The Hall–Kier alpha value is -1.89. The largest absolute Gasteiger partial charge is 0.334 e. The van der Waals surface area contributed by atoms with Gasteiger partial charge in [0.15, 0.2) is 0 Å². The number of hydrogen-bond donors (Lipinski definition) is 2. The van der Waals surface area contributed by atoms with Gasteiger partial charge in [-0.3, -0.25) is 4.68 Å². The zero-order valence-electron chi connectivity index (χ0n) is 11.9.